The van der Waals surface area contributed by atoms with Gasteiger partial charge in [-0.1, -0.05) is 0 Å². The van der Waals surface area contributed by atoms with Crippen LogP contribution in [0.5, 0.6) is 0 Å². The Bertz CT molecular complexity index is 405. The minimum atomic E-state index is -0.352. The molecule has 1 atom stereocenters. The summed E-state index contributed by atoms with van der Waals surface area (Å²) >= 11 is 0. The van der Waals surface area contributed by atoms with E-state index < -0.39 is 0 Å². The molecule has 6 heteroatoms. The van der Waals surface area contributed by atoms with Crippen molar-refractivity contribution in [2.45, 2.75) is 26.4 Å². The highest BCUT2D eigenvalue weighted by molar-refractivity contribution is 5.93. The first-order valence-electron chi connectivity index (χ1n) is 5.49. The van der Waals surface area contributed by atoms with Gasteiger partial charge in [-0.05, 0) is 26.3 Å². The molecule has 6 nitrogen and oxygen atoms in total. The molecule has 0 amide bonds. The van der Waals surface area contributed by atoms with Gasteiger partial charge in [-0.15, -0.1) is 0 Å². The molecule has 0 saturated heterocycles. The number of aliphatic hydroxyl groups is 1. The Morgan fingerprint density at radius 1 is 1.59 bits per heavy atom. The Kier molecular flexibility index (Phi) is 4.39. The van der Waals surface area contributed by atoms with E-state index in [1.165, 1.54) is 0 Å². The van der Waals surface area contributed by atoms with Gasteiger partial charge in [-0.2, -0.15) is 0 Å². The molecule has 0 aliphatic carbocycles. The van der Waals surface area contributed by atoms with Gasteiger partial charge in [0.05, 0.1) is 6.10 Å². The van der Waals surface area contributed by atoms with Gasteiger partial charge >= 0.3 is 0 Å². The van der Waals surface area contributed by atoms with Crippen LogP contribution >= 0.6 is 0 Å². The fourth-order valence-electron chi connectivity index (χ4n) is 1.34. The number of aliphatic hydroxyl groups excluding tert-OH is 1. The number of aromatic nitrogens is 2. The van der Waals surface area contributed by atoms with Crippen LogP contribution in [0.2, 0.25) is 0 Å². The van der Waals surface area contributed by atoms with Gasteiger partial charge in [-0.3, -0.25) is 5.41 Å². The number of nitrogen functional groups attached to an aromatic ring is 1. The molecule has 0 aromatic carbocycles. The van der Waals surface area contributed by atoms with Crippen LogP contribution in [0.4, 0.5) is 5.95 Å². The second-order valence-corrected chi connectivity index (χ2v) is 4.17. The Morgan fingerprint density at radius 2 is 2.24 bits per heavy atom. The summed E-state index contributed by atoms with van der Waals surface area (Å²) in [5, 5.41) is 16.6. The number of nitrogens with zero attached hydrogens (tertiary/aromatic N) is 3. The zero-order valence-corrected chi connectivity index (χ0v) is 10.4. The lowest BCUT2D eigenvalue weighted by atomic mass is 10.3. The Labute approximate surface area is 101 Å². The molecule has 94 valence electrons. The van der Waals surface area contributed by atoms with Crippen LogP contribution in [-0.2, 0) is 0 Å². The number of aryl methyl sites for hydroxylation is 1. The molecule has 1 unspecified atom stereocenters. The van der Waals surface area contributed by atoms with E-state index in [0.717, 1.165) is 5.69 Å². The molecule has 1 aromatic rings. The van der Waals surface area contributed by atoms with E-state index in [-0.39, 0.29) is 11.9 Å². The molecule has 17 heavy (non-hydrogen) atoms. The van der Waals surface area contributed by atoms with Crippen LogP contribution in [0.3, 0.4) is 0 Å². The first-order valence-corrected chi connectivity index (χ1v) is 5.49. The van der Waals surface area contributed by atoms with Gasteiger partial charge in [0, 0.05) is 19.3 Å². The number of rotatable bonds is 5. The van der Waals surface area contributed by atoms with Gasteiger partial charge in [0.2, 0.25) is 5.95 Å². The zero-order valence-electron chi connectivity index (χ0n) is 10.4. The fourth-order valence-corrected chi connectivity index (χ4v) is 1.34. The monoisotopic (exact) mass is 237 g/mol. The van der Waals surface area contributed by atoms with E-state index in [4.69, 9.17) is 11.1 Å². The van der Waals surface area contributed by atoms with E-state index >= 15 is 0 Å². The zero-order chi connectivity index (χ0) is 13.0. The van der Waals surface area contributed by atoms with E-state index in [0.29, 0.717) is 24.6 Å². The quantitative estimate of drug-likeness (QED) is 0.504. The molecular weight excluding hydrogens is 218 g/mol. The van der Waals surface area contributed by atoms with E-state index in [2.05, 4.69) is 9.97 Å². The van der Waals surface area contributed by atoms with Crippen LogP contribution in [0.25, 0.3) is 0 Å². The lowest BCUT2D eigenvalue weighted by Crippen LogP contribution is -2.25. The summed E-state index contributed by atoms with van der Waals surface area (Å²) < 4.78 is 0. The number of hydrogen-bond donors (Lipinski definition) is 3. The van der Waals surface area contributed by atoms with Crippen molar-refractivity contribution in [3.63, 3.8) is 0 Å². The van der Waals surface area contributed by atoms with Crippen molar-refractivity contribution >= 4 is 11.8 Å². The third-order valence-electron chi connectivity index (χ3n) is 2.34. The smallest absolute Gasteiger partial charge is 0.225 e. The maximum atomic E-state index is 9.22. The summed E-state index contributed by atoms with van der Waals surface area (Å²) in [6, 6.07) is 1.67. The fraction of sp³-hybridized carbons (Fsp3) is 0.545. The van der Waals surface area contributed by atoms with Gasteiger partial charge in [0.15, 0.2) is 0 Å². The average molecular weight is 237 g/mol. The Balaban J connectivity index is 2.86. The molecule has 0 spiro atoms. The SMILES string of the molecule is Cc1cc(C(=N)N)nc(N(C)CCC(C)O)n1. The van der Waals surface area contributed by atoms with Crippen molar-refractivity contribution in [2.24, 2.45) is 5.73 Å². The highest BCUT2D eigenvalue weighted by Gasteiger charge is 2.09. The number of nitrogens with two attached hydrogens (primary N) is 1. The van der Waals surface area contributed by atoms with E-state index in [9.17, 15) is 5.11 Å². The molecule has 0 aliphatic heterocycles. The van der Waals surface area contributed by atoms with Gasteiger partial charge < -0.3 is 15.7 Å². The first-order chi connectivity index (χ1) is 7.90. The van der Waals surface area contributed by atoms with Crippen LogP contribution in [0.15, 0.2) is 6.07 Å². The van der Waals surface area contributed by atoms with Crippen LogP contribution < -0.4 is 10.6 Å². The third kappa shape index (κ3) is 3.99. The van der Waals surface area contributed by atoms with E-state index in [1.54, 1.807) is 13.0 Å². The summed E-state index contributed by atoms with van der Waals surface area (Å²) in [5.74, 6) is 0.455. The van der Waals surface area contributed by atoms with Crippen molar-refractivity contribution in [3.8, 4) is 0 Å². The normalized spacial score (nSPS) is 12.2. The molecule has 0 aliphatic rings. The second-order valence-electron chi connectivity index (χ2n) is 4.17. The van der Waals surface area contributed by atoms with Gasteiger partial charge in [0.25, 0.3) is 0 Å². The molecule has 1 aromatic heterocycles. The first kappa shape index (κ1) is 13.4. The molecule has 0 saturated carbocycles. The van der Waals surface area contributed by atoms with Crippen molar-refractivity contribution in [1.82, 2.24) is 9.97 Å². The van der Waals surface area contributed by atoms with Crippen LogP contribution in [0, 0.1) is 12.3 Å². The van der Waals surface area contributed by atoms with Gasteiger partial charge in [0.1, 0.15) is 11.5 Å². The minimum Gasteiger partial charge on any atom is -0.393 e. The van der Waals surface area contributed by atoms with Crippen molar-refractivity contribution < 1.29 is 5.11 Å². The predicted molar refractivity (Wildman–Crippen MR) is 67.4 cm³/mol. The summed E-state index contributed by atoms with van der Waals surface area (Å²) in [6.07, 6.45) is 0.290. The predicted octanol–water partition coefficient (Wildman–Crippen LogP) is 0.276. The molecule has 1 rings (SSSR count). The Morgan fingerprint density at radius 3 is 2.76 bits per heavy atom. The van der Waals surface area contributed by atoms with Crippen LogP contribution in [0.1, 0.15) is 24.7 Å². The standard InChI is InChI=1S/C11H19N5O/c1-7-6-9(10(12)13)15-11(14-7)16(3)5-4-8(2)17/h6,8,17H,4-5H2,1-3H3,(H3,12,13). The summed E-state index contributed by atoms with van der Waals surface area (Å²) in [7, 11) is 1.85. The summed E-state index contributed by atoms with van der Waals surface area (Å²) in [4.78, 5) is 10.3. The minimum absolute atomic E-state index is 0.0688. The maximum absolute atomic E-state index is 9.22. The van der Waals surface area contributed by atoms with Crippen molar-refractivity contribution in [3.05, 3.63) is 17.5 Å². The second kappa shape index (κ2) is 5.58. The molecule has 0 fully saturated rings. The molecule has 0 bridgehead atoms. The van der Waals surface area contributed by atoms with Crippen molar-refractivity contribution in [1.29, 1.82) is 5.41 Å². The number of nitrogens with one attached hydrogen (secondary N) is 1. The molecule has 0 radical (unpaired) electrons. The number of amidine groups is 1. The highest BCUT2D eigenvalue weighted by atomic mass is 16.3. The van der Waals surface area contributed by atoms with Crippen molar-refractivity contribution in [2.75, 3.05) is 18.5 Å². The maximum Gasteiger partial charge on any atom is 0.225 e. The largest absolute Gasteiger partial charge is 0.393 e. The van der Waals surface area contributed by atoms with E-state index in [1.807, 2.05) is 18.9 Å². The lowest BCUT2D eigenvalue weighted by molar-refractivity contribution is 0.186. The number of anilines is 1. The summed E-state index contributed by atoms with van der Waals surface area (Å²) in [5.41, 5.74) is 6.60. The summed E-state index contributed by atoms with van der Waals surface area (Å²) in [6.45, 7) is 4.23. The van der Waals surface area contributed by atoms with Crippen LogP contribution in [-0.4, -0.2) is 40.6 Å². The average Bonchev–Trinajstić information content (AvgIpc) is 2.24. The van der Waals surface area contributed by atoms with Gasteiger partial charge in [-0.25, -0.2) is 9.97 Å². The molecule has 4 N–H and O–H groups in total. The number of hydrogen-bond acceptors (Lipinski definition) is 5. The third-order valence-corrected chi connectivity index (χ3v) is 2.34. The lowest BCUT2D eigenvalue weighted by Gasteiger charge is -2.18. The molecule has 1 heterocycles. The Hall–Kier alpha value is -1.69. The topological polar surface area (TPSA) is 99.1 Å². The highest BCUT2D eigenvalue weighted by Crippen LogP contribution is 2.09. The molecular formula is C11H19N5O.